The van der Waals surface area contributed by atoms with Gasteiger partial charge in [0.05, 0.1) is 13.2 Å². The summed E-state index contributed by atoms with van der Waals surface area (Å²) < 4.78 is 11.6. The first-order valence-corrected chi connectivity index (χ1v) is 7.25. The summed E-state index contributed by atoms with van der Waals surface area (Å²) in [6.07, 6.45) is 5.36. The van der Waals surface area contributed by atoms with Gasteiger partial charge in [-0.05, 0) is 55.7 Å². The molecule has 2 saturated carbocycles. The number of fused-ring (bicyclic) bond motifs is 4. The Morgan fingerprint density at radius 1 is 1.32 bits per heavy atom. The average molecular weight is 260 g/mol. The summed E-state index contributed by atoms with van der Waals surface area (Å²) in [5.41, 5.74) is 0.789. The molecule has 0 radical (unpaired) electrons. The molecule has 1 aromatic carbocycles. The lowest BCUT2D eigenvalue weighted by Crippen LogP contribution is -2.45. The van der Waals surface area contributed by atoms with E-state index in [0.717, 1.165) is 35.8 Å². The van der Waals surface area contributed by atoms with Crippen LogP contribution in [0.3, 0.4) is 0 Å². The monoisotopic (exact) mass is 260 g/mol. The van der Waals surface area contributed by atoms with Crippen LogP contribution in [0.1, 0.15) is 43.8 Å². The predicted octanol–water partition coefficient (Wildman–Crippen LogP) is 3.07. The molecule has 19 heavy (non-hydrogen) atoms. The van der Waals surface area contributed by atoms with Crippen molar-refractivity contribution in [1.29, 1.82) is 0 Å². The first kappa shape index (κ1) is 11.6. The van der Waals surface area contributed by atoms with E-state index < -0.39 is 6.10 Å². The van der Waals surface area contributed by atoms with Gasteiger partial charge in [-0.15, -0.1) is 0 Å². The van der Waals surface area contributed by atoms with E-state index in [1.807, 2.05) is 18.2 Å². The summed E-state index contributed by atoms with van der Waals surface area (Å²) in [5, 5.41) is 10.5. The molecule has 1 aromatic rings. The Hall–Kier alpha value is -1.22. The van der Waals surface area contributed by atoms with Gasteiger partial charge in [-0.1, -0.05) is 0 Å². The van der Waals surface area contributed by atoms with E-state index in [4.69, 9.17) is 9.47 Å². The van der Waals surface area contributed by atoms with Crippen LogP contribution in [-0.2, 0) is 0 Å². The normalized spacial score (nSPS) is 39.2. The van der Waals surface area contributed by atoms with Crippen molar-refractivity contribution >= 4 is 0 Å². The van der Waals surface area contributed by atoms with Crippen LogP contribution in [-0.4, -0.2) is 17.8 Å². The topological polar surface area (TPSA) is 38.7 Å². The molecule has 4 atom stereocenters. The summed E-state index contributed by atoms with van der Waals surface area (Å²) in [6.45, 7) is 0. The molecule has 3 unspecified atom stereocenters. The quantitative estimate of drug-likeness (QED) is 0.843. The van der Waals surface area contributed by atoms with E-state index >= 15 is 0 Å². The number of benzene rings is 1. The van der Waals surface area contributed by atoms with Gasteiger partial charge in [-0.25, -0.2) is 0 Å². The van der Waals surface area contributed by atoms with Crippen LogP contribution in [0.5, 0.6) is 11.5 Å². The fraction of sp³-hybridized carbons (Fsp3) is 0.625. The Morgan fingerprint density at radius 3 is 2.89 bits per heavy atom. The third-order valence-corrected chi connectivity index (χ3v) is 5.35. The highest BCUT2D eigenvalue weighted by atomic mass is 16.5. The number of methoxy groups -OCH3 is 1. The summed E-state index contributed by atoms with van der Waals surface area (Å²) >= 11 is 0. The third-order valence-electron chi connectivity index (χ3n) is 5.35. The second-order valence-electron chi connectivity index (χ2n) is 6.37. The van der Waals surface area contributed by atoms with E-state index in [1.54, 1.807) is 7.11 Å². The SMILES string of the molecule is COc1ccc2c(c1)[C@H](O)CC1(CC3CCC1C3)O2. The maximum absolute atomic E-state index is 10.5. The molecule has 4 rings (SSSR count). The summed E-state index contributed by atoms with van der Waals surface area (Å²) in [7, 11) is 1.65. The van der Waals surface area contributed by atoms with Crippen LogP contribution < -0.4 is 9.47 Å². The molecule has 1 aliphatic heterocycles. The van der Waals surface area contributed by atoms with Crippen LogP contribution in [0, 0.1) is 11.8 Å². The van der Waals surface area contributed by atoms with Crippen molar-refractivity contribution in [1.82, 2.24) is 0 Å². The second-order valence-corrected chi connectivity index (χ2v) is 6.37. The highest BCUT2D eigenvalue weighted by Crippen LogP contribution is 2.58. The minimum Gasteiger partial charge on any atom is -0.497 e. The highest BCUT2D eigenvalue weighted by Gasteiger charge is 2.55. The van der Waals surface area contributed by atoms with Crippen molar-refractivity contribution in [2.75, 3.05) is 7.11 Å². The zero-order valence-corrected chi connectivity index (χ0v) is 11.3. The summed E-state index contributed by atoms with van der Waals surface area (Å²) in [4.78, 5) is 0. The Bertz CT molecular complexity index is 513. The first-order chi connectivity index (χ1) is 9.20. The molecule has 3 heteroatoms. The number of rotatable bonds is 1. The van der Waals surface area contributed by atoms with Crippen molar-refractivity contribution < 1.29 is 14.6 Å². The maximum atomic E-state index is 10.5. The molecule has 2 aliphatic carbocycles. The molecule has 0 saturated heterocycles. The molecule has 3 aliphatic rings. The molecule has 3 nitrogen and oxygen atoms in total. The van der Waals surface area contributed by atoms with Crippen LogP contribution in [0.2, 0.25) is 0 Å². The zero-order valence-electron chi connectivity index (χ0n) is 11.3. The molecule has 2 bridgehead atoms. The van der Waals surface area contributed by atoms with E-state index in [1.165, 1.54) is 19.3 Å². The maximum Gasteiger partial charge on any atom is 0.126 e. The fourth-order valence-electron chi connectivity index (χ4n) is 4.47. The van der Waals surface area contributed by atoms with E-state index in [-0.39, 0.29) is 5.60 Å². The fourth-order valence-corrected chi connectivity index (χ4v) is 4.47. The van der Waals surface area contributed by atoms with Crippen molar-refractivity contribution in [3.63, 3.8) is 0 Å². The van der Waals surface area contributed by atoms with Crippen molar-refractivity contribution in [2.24, 2.45) is 11.8 Å². The minimum absolute atomic E-state index is 0.0933. The smallest absolute Gasteiger partial charge is 0.126 e. The molecular weight excluding hydrogens is 240 g/mol. The molecule has 102 valence electrons. The van der Waals surface area contributed by atoms with Crippen molar-refractivity contribution in [3.05, 3.63) is 23.8 Å². The largest absolute Gasteiger partial charge is 0.497 e. The number of hydrogen-bond donors (Lipinski definition) is 1. The predicted molar refractivity (Wildman–Crippen MR) is 71.4 cm³/mol. The third kappa shape index (κ3) is 1.61. The Labute approximate surface area is 113 Å². The van der Waals surface area contributed by atoms with Gasteiger partial charge in [0, 0.05) is 12.0 Å². The lowest BCUT2D eigenvalue weighted by atomic mass is 9.77. The number of hydrogen-bond acceptors (Lipinski definition) is 3. The minimum atomic E-state index is -0.418. The summed E-state index contributed by atoms with van der Waals surface area (Å²) in [5.74, 6) is 3.09. The highest BCUT2D eigenvalue weighted by molar-refractivity contribution is 5.44. The van der Waals surface area contributed by atoms with Gasteiger partial charge >= 0.3 is 0 Å². The summed E-state index contributed by atoms with van der Waals surface area (Å²) in [6, 6.07) is 5.77. The lowest BCUT2D eigenvalue weighted by molar-refractivity contribution is -0.0510. The molecule has 1 N–H and O–H groups in total. The van der Waals surface area contributed by atoms with Crippen LogP contribution in [0.25, 0.3) is 0 Å². The molecular formula is C16H20O3. The molecule has 0 amide bonds. The first-order valence-electron chi connectivity index (χ1n) is 7.25. The van der Waals surface area contributed by atoms with Gasteiger partial charge < -0.3 is 14.6 Å². The second kappa shape index (κ2) is 3.89. The Balaban J connectivity index is 1.71. The molecule has 0 aromatic heterocycles. The number of ether oxygens (including phenoxy) is 2. The standard InChI is InChI=1S/C16H20O3/c1-18-12-4-5-15-13(7-12)14(17)9-16(19-15)8-10-2-3-11(16)6-10/h4-5,7,10-11,14,17H,2-3,6,8-9H2,1H3/t10?,11?,14-,16?/m1/s1. The number of aliphatic hydroxyl groups excluding tert-OH is 1. The van der Waals surface area contributed by atoms with Crippen LogP contribution in [0.15, 0.2) is 18.2 Å². The van der Waals surface area contributed by atoms with Crippen molar-refractivity contribution in [2.45, 2.75) is 43.8 Å². The molecule has 1 spiro atoms. The average Bonchev–Trinajstić information content (AvgIpc) is 2.99. The van der Waals surface area contributed by atoms with Gasteiger partial charge in [0.2, 0.25) is 0 Å². The van der Waals surface area contributed by atoms with E-state index in [2.05, 4.69) is 0 Å². The van der Waals surface area contributed by atoms with Gasteiger partial charge in [-0.3, -0.25) is 0 Å². The zero-order chi connectivity index (χ0) is 13.0. The van der Waals surface area contributed by atoms with Gasteiger partial charge in [0.15, 0.2) is 0 Å². The van der Waals surface area contributed by atoms with Gasteiger partial charge in [-0.2, -0.15) is 0 Å². The molecule has 2 fully saturated rings. The van der Waals surface area contributed by atoms with Crippen molar-refractivity contribution in [3.8, 4) is 11.5 Å². The Kier molecular flexibility index (Phi) is 2.37. The van der Waals surface area contributed by atoms with Crippen LogP contribution >= 0.6 is 0 Å². The van der Waals surface area contributed by atoms with E-state index in [9.17, 15) is 5.11 Å². The number of aliphatic hydroxyl groups is 1. The van der Waals surface area contributed by atoms with Gasteiger partial charge in [0.25, 0.3) is 0 Å². The Morgan fingerprint density at radius 2 is 2.21 bits per heavy atom. The van der Waals surface area contributed by atoms with Crippen LogP contribution in [0.4, 0.5) is 0 Å². The molecule has 1 heterocycles. The lowest BCUT2D eigenvalue weighted by Gasteiger charge is -2.43. The van der Waals surface area contributed by atoms with Gasteiger partial charge in [0.1, 0.15) is 17.1 Å². The van der Waals surface area contributed by atoms with E-state index in [0.29, 0.717) is 5.92 Å².